The van der Waals surface area contributed by atoms with E-state index in [1.165, 1.54) is 0 Å². The topological polar surface area (TPSA) is 78.0 Å². The Morgan fingerprint density at radius 1 is 1.07 bits per heavy atom. The van der Waals surface area contributed by atoms with Crippen LogP contribution in [0.4, 0.5) is 11.8 Å². The smallest absolute Gasteiger partial charge is 0.301 e. The molecule has 0 aliphatic rings. The van der Waals surface area contributed by atoms with Gasteiger partial charge in [0.2, 0.25) is 0 Å². The molecule has 0 unspecified atom stereocenters. The molecule has 0 atom stereocenters. The lowest BCUT2D eigenvalue weighted by molar-refractivity contribution is 0.419. The number of aromatic nitrogens is 4. The first-order valence-corrected chi connectivity index (χ1v) is 9.74. The van der Waals surface area contributed by atoms with Gasteiger partial charge in [0.15, 0.2) is 11.4 Å². The van der Waals surface area contributed by atoms with Crippen molar-refractivity contribution < 1.29 is 9.15 Å². The molecule has 5 rings (SSSR count). The Morgan fingerprint density at radius 2 is 1.93 bits per heavy atom. The number of anilines is 2. The summed E-state index contributed by atoms with van der Waals surface area (Å²) in [7, 11) is 1.64. The molecule has 8 heteroatoms. The van der Waals surface area contributed by atoms with Gasteiger partial charge in [-0.25, -0.2) is 4.98 Å². The molecule has 0 bridgehead atoms. The highest BCUT2D eigenvalue weighted by molar-refractivity contribution is 6.31. The summed E-state index contributed by atoms with van der Waals surface area (Å²) in [5.74, 6) is 2.07. The predicted octanol–water partition coefficient (Wildman–Crippen LogP) is 5.58. The molecule has 0 amide bonds. The summed E-state index contributed by atoms with van der Waals surface area (Å²) in [6.45, 7) is 3.96. The van der Waals surface area contributed by atoms with Gasteiger partial charge in [0.1, 0.15) is 22.6 Å². The van der Waals surface area contributed by atoms with Crippen molar-refractivity contribution >= 4 is 45.4 Å². The van der Waals surface area contributed by atoms with Gasteiger partial charge in [-0.2, -0.15) is 14.8 Å². The zero-order chi connectivity index (χ0) is 20.8. The fourth-order valence-electron chi connectivity index (χ4n) is 3.47. The molecule has 30 heavy (non-hydrogen) atoms. The number of pyridine rings is 1. The van der Waals surface area contributed by atoms with E-state index in [1.54, 1.807) is 30.0 Å². The van der Waals surface area contributed by atoms with Gasteiger partial charge in [-0.1, -0.05) is 23.7 Å². The Hall–Kier alpha value is -3.58. The summed E-state index contributed by atoms with van der Waals surface area (Å²) in [6, 6.07) is 15.5. The Labute approximate surface area is 177 Å². The van der Waals surface area contributed by atoms with E-state index in [9.17, 15) is 0 Å². The monoisotopic (exact) mass is 419 g/mol. The van der Waals surface area contributed by atoms with E-state index in [0.717, 1.165) is 22.2 Å². The lowest BCUT2D eigenvalue weighted by Gasteiger charge is -2.11. The average Bonchev–Trinajstić information content (AvgIpc) is 3.29. The molecule has 7 nitrogen and oxygen atoms in total. The first kappa shape index (κ1) is 18.4. The van der Waals surface area contributed by atoms with Crippen molar-refractivity contribution in [3.8, 4) is 11.6 Å². The highest BCUT2D eigenvalue weighted by atomic mass is 35.5. The van der Waals surface area contributed by atoms with Gasteiger partial charge in [-0.3, -0.25) is 5.32 Å². The van der Waals surface area contributed by atoms with Gasteiger partial charge in [-0.15, -0.1) is 0 Å². The zero-order valence-electron chi connectivity index (χ0n) is 16.6. The summed E-state index contributed by atoms with van der Waals surface area (Å²) in [6.07, 6.45) is 0. The third-order valence-electron chi connectivity index (χ3n) is 4.85. The number of methoxy groups -OCH3 is 1. The molecule has 0 saturated carbocycles. The summed E-state index contributed by atoms with van der Waals surface area (Å²) in [5, 5.41) is 9.45. The molecule has 0 aliphatic heterocycles. The third-order valence-corrected chi connectivity index (χ3v) is 5.08. The van der Waals surface area contributed by atoms with E-state index in [2.05, 4.69) is 15.4 Å². The molecule has 150 valence electrons. The van der Waals surface area contributed by atoms with Crippen LogP contribution in [0.1, 0.15) is 11.3 Å². The molecule has 2 aromatic carbocycles. The lowest BCUT2D eigenvalue weighted by atomic mass is 10.1. The van der Waals surface area contributed by atoms with Crippen molar-refractivity contribution in [3.63, 3.8) is 0 Å². The lowest BCUT2D eigenvalue weighted by Crippen LogP contribution is -2.06. The minimum absolute atomic E-state index is 0.350. The van der Waals surface area contributed by atoms with Gasteiger partial charge >= 0.3 is 6.01 Å². The van der Waals surface area contributed by atoms with Gasteiger partial charge in [0, 0.05) is 16.5 Å². The summed E-state index contributed by atoms with van der Waals surface area (Å²) in [5.41, 5.74) is 4.01. The number of benzene rings is 2. The van der Waals surface area contributed by atoms with Gasteiger partial charge in [-0.05, 0) is 49.7 Å². The van der Waals surface area contributed by atoms with Crippen molar-refractivity contribution in [2.24, 2.45) is 0 Å². The maximum atomic E-state index is 6.05. The van der Waals surface area contributed by atoms with Crippen LogP contribution < -0.4 is 10.1 Å². The van der Waals surface area contributed by atoms with Crippen molar-refractivity contribution in [1.82, 2.24) is 19.7 Å². The first-order valence-electron chi connectivity index (χ1n) is 9.36. The molecule has 3 heterocycles. The van der Waals surface area contributed by atoms with Crippen molar-refractivity contribution in [2.75, 3.05) is 12.4 Å². The van der Waals surface area contributed by atoms with Gasteiger partial charge in [0.25, 0.3) is 0 Å². The number of nitrogens with one attached hydrogen (secondary N) is 1. The van der Waals surface area contributed by atoms with Crippen LogP contribution in [-0.2, 0) is 0 Å². The number of hydrogen-bond donors (Lipinski definition) is 1. The zero-order valence-corrected chi connectivity index (χ0v) is 17.4. The van der Waals surface area contributed by atoms with Crippen LogP contribution in [0.15, 0.2) is 52.9 Å². The third kappa shape index (κ3) is 3.13. The number of rotatable bonds is 4. The van der Waals surface area contributed by atoms with Crippen LogP contribution in [0.2, 0.25) is 5.02 Å². The molecule has 0 spiro atoms. The second-order valence-corrected chi connectivity index (χ2v) is 7.43. The quantitative estimate of drug-likeness (QED) is 0.409. The van der Waals surface area contributed by atoms with E-state index >= 15 is 0 Å². The summed E-state index contributed by atoms with van der Waals surface area (Å²) >= 11 is 6.05. The fourth-order valence-corrected chi connectivity index (χ4v) is 3.64. The van der Waals surface area contributed by atoms with E-state index in [0.29, 0.717) is 39.5 Å². The minimum atomic E-state index is 0.350. The molecular formula is C22H18ClN5O2. The van der Waals surface area contributed by atoms with E-state index in [1.807, 2.05) is 44.2 Å². The Kier molecular flexibility index (Phi) is 4.33. The van der Waals surface area contributed by atoms with Gasteiger partial charge in [0.05, 0.1) is 12.8 Å². The molecule has 0 aliphatic carbocycles. The second-order valence-electron chi connectivity index (χ2n) is 6.99. The SMILES string of the molecule is COc1cccc2c(C)cc(-n3nc(C)cc3Nc3nc4cc(Cl)ccc4o3)nc12. The molecular weight excluding hydrogens is 402 g/mol. The number of aryl methyl sites for hydroxylation is 2. The van der Waals surface area contributed by atoms with Crippen LogP contribution in [0.25, 0.3) is 27.8 Å². The maximum Gasteiger partial charge on any atom is 0.301 e. The van der Waals surface area contributed by atoms with Crippen LogP contribution in [0.3, 0.4) is 0 Å². The molecule has 3 aromatic heterocycles. The highest BCUT2D eigenvalue weighted by Gasteiger charge is 2.15. The first-order chi connectivity index (χ1) is 14.5. The number of nitrogens with zero attached hydrogens (tertiary/aromatic N) is 4. The summed E-state index contributed by atoms with van der Waals surface area (Å²) in [4.78, 5) is 9.28. The van der Waals surface area contributed by atoms with Crippen molar-refractivity contribution in [1.29, 1.82) is 0 Å². The number of fused-ring (bicyclic) bond motifs is 2. The summed E-state index contributed by atoms with van der Waals surface area (Å²) < 4.78 is 13.0. The van der Waals surface area contributed by atoms with Gasteiger partial charge < -0.3 is 9.15 Å². The number of ether oxygens (including phenoxy) is 1. The van der Waals surface area contributed by atoms with E-state index < -0.39 is 0 Å². The largest absolute Gasteiger partial charge is 0.494 e. The van der Waals surface area contributed by atoms with Crippen LogP contribution in [0.5, 0.6) is 5.75 Å². The standard InChI is InChI=1S/C22H18ClN5O2/c1-12-9-19(25-21-15(12)5-4-6-18(21)29-3)28-20(10-13(2)27-28)26-22-24-16-11-14(23)7-8-17(16)30-22/h4-11H,1-3H3,(H,24,26). The van der Waals surface area contributed by atoms with Crippen molar-refractivity contribution in [2.45, 2.75) is 13.8 Å². The highest BCUT2D eigenvalue weighted by Crippen LogP contribution is 2.30. The Bertz CT molecular complexity index is 1410. The molecule has 5 aromatic rings. The number of hydrogen-bond acceptors (Lipinski definition) is 6. The van der Waals surface area contributed by atoms with E-state index in [4.69, 9.17) is 25.7 Å². The molecule has 0 radical (unpaired) electrons. The average molecular weight is 420 g/mol. The molecule has 1 N–H and O–H groups in total. The number of oxazole rings is 1. The predicted molar refractivity (Wildman–Crippen MR) is 117 cm³/mol. The Balaban J connectivity index is 1.61. The molecule has 0 saturated heterocycles. The van der Waals surface area contributed by atoms with Crippen LogP contribution in [0, 0.1) is 13.8 Å². The minimum Gasteiger partial charge on any atom is -0.494 e. The van der Waals surface area contributed by atoms with Crippen LogP contribution in [-0.4, -0.2) is 26.9 Å². The van der Waals surface area contributed by atoms with Crippen LogP contribution >= 0.6 is 11.6 Å². The van der Waals surface area contributed by atoms with Crippen molar-refractivity contribution in [3.05, 3.63) is 64.8 Å². The molecule has 0 fully saturated rings. The number of halogens is 1. The second kappa shape index (κ2) is 7.03. The normalized spacial score (nSPS) is 11.3. The number of para-hydroxylation sites is 1. The fraction of sp³-hybridized carbons (Fsp3) is 0.136. The van der Waals surface area contributed by atoms with E-state index in [-0.39, 0.29) is 0 Å². The Morgan fingerprint density at radius 3 is 2.77 bits per heavy atom. The maximum absolute atomic E-state index is 6.05.